The van der Waals surface area contributed by atoms with Gasteiger partial charge in [-0.1, -0.05) is 60.7 Å². The van der Waals surface area contributed by atoms with Crippen molar-refractivity contribution in [3.8, 4) is 6.07 Å². The standard InChI is InChI=1S/C28H22N4O5/c1-37-27(34)28(17-29)23-16-13-18-7-5-6-10-22(18)31(23)25(26(33)30-20-8-3-2-4-9-20)24(28)19-11-14-21(15-12-19)32(35)36/h2-16,23-25H,1H3,(H,30,33)/t23-,24-,25+,28+/m1/s1. The summed E-state index contributed by atoms with van der Waals surface area (Å²) in [6.45, 7) is 0. The monoisotopic (exact) mass is 494 g/mol. The van der Waals surface area contributed by atoms with Crippen molar-refractivity contribution in [1.82, 2.24) is 0 Å². The smallest absolute Gasteiger partial charge is 0.329 e. The Kier molecular flexibility index (Phi) is 5.93. The summed E-state index contributed by atoms with van der Waals surface area (Å²) in [5.74, 6) is -2.21. The molecule has 2 heterocycles. The molecule has 0 aromatic heterocycles. The van der Waals surface area contributed by atoms with Gasteiger partial charge in [0.25, 0.3) is 5.69 Å². The zero-order valence-electron chi connectivity index (χ0n) is 19.8. The van der Waals surface area contributed by atoms with Gasteiger partial charge >= 0.3 is 5.97 Å². The molecule has 9 nitrogen and oxygen atoms in total. The number of methoxy groups -OCH3 is 1. The summed E-state index contributed by atoms with van der Waals surface area (Å²) in [5, 5.41) is 24.8. The van der Waals surface area contributed by atoms with Crippen LogP contribution in [0.3, 0.4) is 0 Å². The number of non-ortho nitro benzene ring substituents is 1. The number of rotatable bonds is 5. The van der Waals surface area contributed by atoms with Gasteiger partial charge in [0.2, 0.25) is 5.91 Å². The Morgan fingerprint density at radius 3 is 2.38 bits per heavy atom. The van der Waals surface area contributed by atoms with E-state index in [-0.39, 0.29) is 5.69 Å². The molecule has 1 fully saturated rings. The maximum Gasteiger partial charge on any atom is 0.329 e. The quantitative estimate of drug-likeness (QED) is 0.319. The van der Waals surface area contributed by atoms with Crippen LogP contribution in [0.1, 0.15) is 17.0 Å². The van der Waals surface area contributed by atoms with Gasteiger partial charge in [0.15, 0.2) is 5.41 Å². The molecule has 3 aromatic rings. The molecule has 5 rings (SSSR count). The molecule has 0 spiro atoms. The summed E-state index contributed by atoms with van der Waals surface area (Å²) in [4.78, 5) is 40.0. The summed E-state index contributed by atoms with van der Waals surface area (Å²) in [6, 6.07) is 22.3. The number of ether oxygens (including phenoxy) is 1. The van der Waals surface area contributed by atoms with Crippen LogP contribution in [0.5, 0.6) is 0 Å². The van der Waals surface area contributed by atoms with E-state index in [0.717, 1.165) is 5.56 Å². The van der Waals surface area contributed by atoms with E-state index in [4.69, 9.17) is 4.74 Å². The minimum Gasteiger partial charge on any atom is -0.468 e. The summed E-state index contributed by atoms with van der Waals surface area (Å²) in [5.41, 5.74) is 0.558. The zero-order valence-corrected chi connectivity index (χ0v) is 19.8. The van der Waals surface area contributed by atoms with E-state index >= 15 is 0 Å². The number of fused-ring (bicyclic) bond motifs is 3. The van der Waals surface area contributed by atoms with Crippen LogP contribution in [0.25, 0.3) is 6.08 Å². The summed E-state index contributed by atoms with van der Waals surface area (Å²) in [7, 11) is 1.20. The number of benzene rings is 3. The molecule has 1 saturated heterocycles. The van der Waals surface area contributed by atoms with E-state index < -0.39 is 40.2 Å². The molecule has 2 aliphatic heterocycles. The maximum atomic E-state index is 14.0. The van der Waals surface area contributed by atoms with Crippen molar-refractivity contribution in [2.45, 2.75) is 18.0 Å². The molecule has 4 atom stereocenters. The van der Waals surface area contributed by atoms with Crippen LogP contribution in [0, 0.1) is 26.9 Å². The maximum absolute atomic E-state index is 14.0. The Morgan fingerprint density at radius 1 is 1.05 bits per heavy atom. The van der Waals surface area contributed by atoms with Crippen molar-refractivity contribution >= 4 is 35.0 Å². The number of anilines is 2. The lowest BCUT2D eigenvalue weighted by Gasteiger charge is -2.36. The highest BCUT2D eigenvalue weighted by Gasteiger charge is 2.67. The van der Waals surface area contributed by atoms with Crippen molar-refractivity contribution < 1.29 is 19.2 Å². The van der Waals surface area contributed by atoms with E-state index in [9.17, 15) is 25.0 Å². The van der Waals surface area contributed by atoms with Gasteiger partial charge in [0.05, 0.1) is 24.1 Å². The Hall–Kier alpha value is -4.97. The summed E-state index contributed by atoms with van der Waals surface area (Å²) >= 11 is 0. The second-order valence-corrected chi connectivity index (χ2v) is 8.87. The van der Waals surface area contributed by atoms with Gasteiger partial charge in [0, 0.05) is 29.4 Å². The predicted molar refractivity (Wildman–Crippen MR) is 137 cm³/mol. The number of nitrogens with zero attached hydrogens (tertiary/aromatic N) is 3. The normalized spacial score (nSPS) is 23.4. The van der Waals surface area contributed by atoms with Crippen LogP contribution in [-0.4, -0.2) is 36.0 Å². The van der Waals surface area contributed by atoms with Gasteiger partial charge in [-0.25, -0.2) is 0 Å². The van der Waals surface area contributed by atoms with Crippen LogP contribution < -0.4 is 10.2 Å². The number of nitrogens with one attached hydrogen (secondary N) is 1. The van der Waals surface area contributed by atoms with Gasteiger partial charge < -0.3 is 15.0 Å². The molecule has 184 valence electrons. The van der Waals surface area contributed by atoms with Crippen molar-refractivity contribution in [1.29, 1.82) is 5.26 Å². The van der Waals surface area contributed by atoms with Crippen LogP contribution in [0.2, 0.25) is 0 Å². The molecule has 1 amide bonds. The van der Waals surface area contributed by atoms with Crippen LogP contribution in [0.15, 0.2) is 84.9 Å². The van der Waals surface area contributed by atoms with Gasteiger partial charge in [-0.05, 0) is 29.3 Å². The second kappa shape index (κ2) is 9.24. The average molecular weight is 495 g/mol. The third-order valence-electron chi connectivity index (χ3n) is 7.03. The number of carbonyl (C=O) groups excluding carboxylic acids is 2. The highest BCUT2D eigenvalue weighted by atomic mass is 16.6. The van der Waals surface area contributed by atoms with E-state index in [2.05, 4.69) is 11.4 Å². The second-order valence-electron chi connectivity index (χ2n) is 8.87. The number of carbonyl (C=O) groups is 2. The Labute approximate surface area is 212 Å². The average Bonchev–Trinajstić information content (AvgIpc) is 3.25. The molecule has 1 N–H and O–H groups in total. The molecule has 0 aliphatic carbocycles. The van der Waals surface area contributed by atoms with Crippen LogP contribution in [0.4, 0.5) is 17.1 Å². The molecule has 0 bridgehead atoms. The Bertz CT molecular complexity index is 1450. The number of nitriles is 1. The van der Waals surface area contributed by atoms with Crippen molar-refractivity contribution in [2.75, 3.05) is 17.3 Å². The predicted octanol–water partition coefficient (Wildman–Crippen LogP) is 4.28. The van der Waals surface area contributed by atoms with Gasteiger partial charge in [-0.3, -0.25) is 19.7 Å². The topological polar surface area (TPSA) is 126 Å². The van der Waals surface area contributed by atoms with Gasteiger partial charge in [-0.15, -0.1) is 0 Å². The molecule has 0 saturated carbocycles. The van der Waals surface area contributed by atoms with Gasteiger partial charge in [-0.2, -0.15) is 5.26 Å². The minimum absolute atomic E-state index is 0.143. The van der Waals surface area contributed by atoms with Crippen LogP contribution in [-0.2, 0) is 14.3 Å². The molecule has 37 heavy (non-hydrogen) atoms. The number of para-hydroxylation sites is 2. The minimum atomic E-state index is -1.81. The molecular weight excluding hydrogens is 472 g/mol. The van der Waals surface area contributed by atoms with E-state index in [0.29, 0.717) is 16.9 Å². The van der Waals surface area contributed by atoms with Crippen molar-refractivity contribution in [3.05, 3.63) is 106 Å². The lowest BCUT2D eigenvalue weighted by molar-refractivity contribution is -0.384. The third-order valence-corrected chi connectivity index (χ3v) is 7.03. The van der Waals surface area contributed by atoms with E-state index in [1.165, 1.54) is 31.4 Å². The molecule has 3 aromatic carbocycles. The molecule has 9 heteroatoms. The fourth-order valence-electron chi connectivity index (χ4n) is 5.45. The number of hydrogen-bond donors (Lipinski definition) is 1. The Balaban J connectivity index is 1.74. The van der Waals surface area contributed by atoms with Gasteiger partial charge in [0.1, 0.15) is 6.04 Å². The molecular formula is C28H22N4O5. The number of amides is 1. The van der Waals surface area contributed by atoms with Crippen molar-refractivity contribution in [2.24, 2.45) is 5.41 Å². The number of nitro groups is 1. The highest BCUT2D eigenvalue weighted by molar-refractivity contribution is 6.02. The van der Waals surface area contributed by atoms with Crippen molar-refractivity contribution in [3.63, 3.8) is 0 Å². The molecule has 0 unspecified atom stereocenters. The van der Waals surface area contributed by atoms with E-state index in [1.807, 2.05) is 36.4 Å². The Morgan fingerprint density at radius 2 is 1.73 bits per heavy atom. The first kappa shape index (κ1) is 23.8. The fraction of sp³-hybridized carbons (Fsp3) is 0.179. The molecule has 2 aliphatic rings. The first-order valence-electron chi connectivity index (χ1n) is 11.6. The van der Waals surface area contributed by atoms with Crippen LogP contribution >= 0.6 is 0 Å². The number of hydrogen-bond acceptors (Lipinski definition) is 7. The van der Waals surface area contributed by atoms with E-state index in [1.54, 1.807) is 35.2 Å². The lowest BCUT2D eigenvalue weighted by atomic mass is 9.68. The summed E-state index contributed by atoms with van der Waals surface area (Å²) in [6.07, 6.45) is 3.58. The highest BCUT2D eigenvalue weighted by Crippen LogP contribution is 2.56. The summed E-state index contributed by atoms with van der Waals surface area (Å²) < 4.78 is 5.16. The fourth-order valence-corrected chi connectivity index (χ4v) is 5.45. The molecule has 0 radical (unpaired) electrons. The SMILES string of the molecule is COC(=O)[C@]1(C#N)[C@H](c2ccc([N+](=O)[O-])cc2)[C@@H](C(=O)Nc2ccccc2)N2c3ccccc3C=C[C@@H]21. The number of esters is 1. The first-order valence-corrected chi connectivity index (χ1v) is 11.6. The lowest BCUT2D eigenvalue weighted by Crippen LogP contribution is -2.47. The first-order chi connectivity index (χ1) is 17.9. The largest absolute Gasteiger partial charge is 0.468 e. The number of nitro benzene ring substituents is 1. The third kappa shape index (κ3) is 3.70. The zero-order chi connectivity index (χ0) is 26.2.